The molecule has 0 saturated heterocycles. The molecule has 6 heteroatoms. The minimum absolute atomic E-state index is 0.513. The van der Waals surface area contributed by atoms with Crippen LogP contribution in [0.2, 0.25) is 0 Å². The Morgan fingerprint density at radius 1 is 0.404 bits per heavy atom. The monoisotopic (exact) mass is 666 g/mol. The first-order valence-electron chi connectivity index (χ1n) is 17.0. The molecule has 10 aromatic rings. The number of aromatic nitrogens is 3. The van der Waals surface area contributed by atoms with Gasteiger partial charge >= 0.3 is 0 Å². The van der Waals surface area contributed by atoms with E-state index in [9.17, 15) is 0 Å². The van der Waals surface area contributed by atoms with Gasteiger partial charge in [-0.15, -0.1) is 0 Å². The third-order valence-corrected chi connectivity index (χ3v) is 9.60. The Morgan fingerprint density at radius 3 is 1.69 bits per heavy atom. The molecule has 0 bridgehead atoms. The number of furan rings is 2. The Labute approximate surface area is 298 Å². The topological polar surface area (TPSA) is 69.3 Å². The molecule has 0 unspecified atom stereocenters. The molecule has 7 aromatic carbocycles. The number of para-hydroxylation sites is 2. The van der Waals surface area contributed by atoms with Crippen molar-refractivity contribution in [3.63, 3.8) is 0 Å². The van der Waals surface area contributed by atoms with Crippen molar-refractivity contribution in [2.24, 2.45) is 0 Å². The second-order valence-electron chi connectivity index (χ2n) is 12.7. The highest BCUT2D eigenvalue weighted by atomic mass is 16.3. The molecule has 0 saturated carbocycles. The highest BCUT2D eigenvalue weighted by molar-refractivity contribution is 6.12. The quantitative estimate of drug-likeness (QED) is 0.171. The third-order valence-electron chi connectivity index (χ3n) is 9.60. The van der Waals surface area contributed by atoms with Crippen LogP contribution in [0.4, 0.5) is 5.69 Å². The summed E-state index contributed by atoms with van der Waals surface area (Å²) in [6.45, 7) is 7.30. The van der Waals surface area contributed by atoms with Crippen molar-refractivity contribution in [3.05, 3.63) is 169 Å². The molecule has 0 fully saturated rings. The van der Waals surface area contributed by atoms with Crippen LogP contribution in [-0.2, 0) is 0 Å². The van der Waals surface area contributed by atoms with Crippen LogP contribution in [0.15, 0.2) is 167 Å². The predicted molar refractivity (Wildman–Crippen MR) is 208 cm³/mol. The van der Waals surface area contributed by atoms with Gasteiger partial charge in [-0.2, -0.15) is 0 Å². The van der Waals surface area contributed by atoms with Crippen LogP contribution in [0.1, 0.15) is 0 Å². The van der Waals surface area contributed by atoms with E-state index < -0.39 is 0 Å². The molecule has 10 rings (SSSR count). The van der Waals surface area contributed by atoms with Gasteiger partial charge in [0.2, 0.25) is 0 Å². The number of fused-ring (bicyclic) bond motifs is 6. The number of benzene rings is 7. The van der Waals surface area contributed by atoms with Crippen LogP contribution in [0.25, 0.3) is 105 Å². The molecule has 0 atom stereocenters. The molecule has 0 spiro atoms. The molecule has 3 aromatic heterocycles. The van der Waals surface area contributed by atoms with Gasteiger partial charge in [0.1, 0.15) is 22.3 Å². The maximum Gasteiger partial charge on any atom is 0.187 e. The standard InChI is InChI=1S/C46H26N4O2/c1-47-33-22-19-29(20-23-33)28-15-17-30(18-16-28)34-24-25-37-35-11-5-8-14-40(35)52-43(37)42(34)46-49-44(31-9-3-2-4-10-31)48-45(50-46)32-21-26-41-38(27-32)36-12-6-7-13-39(36)51-41/h2-27H. The van der Waals surface area contributed by atoms with Gasteiger partial charge in [0.15, 0.2) is 23.2 Å². The summed E-state index contributed by atoms with van der Waals surface area (Å²) in [6.07, 6.45) is 0. The summed E-state index contributed by atoms with van der Waals surface area (Å²) < 4.78 is 12.8. The zero-order chi connectivity index (χ0) is 34.6. The van der Waals surface area contributed by atoms with E-state index in [0.29, 0.717) is 28.7 Å². The molecule has 0 aliphatic carbocycles. The van der Waals surface area contributed by atoms with Gasteiger partial charge in [0.05, 0.1) is 12.1 Å². The smallest absolute Gasteiger partial charge is 0.187 e. The van der Waals surface area contributed by atoms with Gasteiger partial charge in [0.25, 0.3) is 0 Å². The van der Waals surface area contributed by atoms with Gasteiger partial charge in [-0.05, 0) is 58.7 Å². The number of hydrogen-bond donors (Lipinski definition) is 0. The van der Waals surface area contributed by atoms with E-state index in [-0.39, 0.29) is 0 Å². The molecule has 0 aliphatic rings. The third kappa shape index (κ3) is 4.92. The first kappa shape index (κ1) is 29.5. The first-order valence-corrected chi connectivity index (χ1v) is 17.0. The van der Waals surface area contributed by atoms with E-state index in [1.807, 2.05) is 103 Å². The van der Waals surface area contributed by atoms with E-state index in [1.54, 1.807) is 0 Å². The molecular weight excluding hydrogens is 641 g/mol. The van der Waals surface area contributed by atoms with Crippen LogP contribution < -0.4 is 0 Å². The van der Waals surface area contributed by atoms with Crippen molar-refractivity contribution in [2.45, 2.75) is 0 Å². The van der Waals surface area contributed by atoms with Crippen LogP contribution in [-0.4, -0.2) is 15.0 Å². The second kappa shape index (κ2) is 11.9. The van der Waals surface area contributed by atoms with Crippen LogP contribution >= 0.6 is 0 Å². The lowest BCUT2D eigenvalue weighted by molar-refractivity contribution is 0.669. The molecule has 0 N–H and O–H groups in total. The second-order valence-corrected chi connectivity index (χ2v) is 12.7. The Bertz CT molecular complexity index is 3010. The SMILES string of the molecule is [C-]#[N+]c1ccc(-c2ccc(-c3ccc4c(oc5ccccc54)c3-c3nc(-c4ccccc4)nc(-c4ccc5oc6ccccc6c5c4)n3)cc2)cc1. The molecule has 242 valence electrons. The highest BCUT2D eigenvalue weighted by Gasteiger charge is 2.22. The van der Waals surface area contributed by atoms with Crippen LogP contribution in [0.5, 0.6) is 0 Å². The van der Waals surface area contributed by atoms with E-state index in [1.165, 1.54) is 0 Å². The Hall–Kier alpha value is -7.36. The van der Waals surface area contributed by atoms with Gasteiger partial charge in [-0.1, -0.05) is 121 Å². The largest absolute Gasteiger partial charge is 0.456 e. The van der Waals surface area contributed by atoms with Gasteiger partial charge in [0, 0.05) is 32.7 Å². The van der Waals surface area contributed by atoms with Crippen LogP contribution in [0, 0.1) is 6.57 Å². The molecule has 3 heterocycles. The summed E-state index contributed by atoms with van der Waals surface area (Å²) in [5, 5.41) is 4.05. The van der Waals surface area contributed by atoms with Crippen molar-refractivity contribution >= 4 is 49.6 Å². The van der Waals surface area contributed by atoms with Gasteiger partial charge in [-0.3, -0.25) is 0 Å². The maximum absolute atomic E-state index is 7.30. The number of rotatable bonds is 5. The van der Waals surface area contributed by atoms with Crippen molar-refractivity contribution in [3.8, 4) is 56.4 Å². The summed E-state index contributed by atoms with van der Waals surface area (Å²) >= 11 is 0. The zero-order valence-corrected chi connectivity index (χ0v) is 27.6. The molecule has 0 amide bonds. The van der Waals surface area contributed by atoms with Crippen molar-refractivity contribution in [1.29, 1.82) is 0 Å². The summed E-state index contributed by atoms with van der Waals surface area (Å²) in [5.41, 5.74) is 10.3. The normalized spacial score (nSPS) is 11.4. The highest BCUT2D eigenvalue weighted by Crippen LogP contribution is 2.42. The Morgan fingerprint density at radius 2 is 0.962 bits per heavy atom. The fourth-order valence-electron chi connectivity index (χ4n) is 7.02. The predicted octanol–water partition coefficient (Wildman–Crippen LogP) is 12.6. The minimum atomic E-state index is 0.513. The van der Waals surface area contributed by atoms with E-state index in [4.69, 9.17) is 30.4 Å². The Balaban J connectivity index is 1.21. The fraction of sp³-hybridized carbons (Fsp3) is 0. The zero-order valence-electron chi connectivity index (χ0n) is 27.6. The Kier molecular flexibility index (Phi) is 6.76. The fourth-order valence-corrected chi connectivity index (χ4v) is 7.02. The van der Waals surface area contributed by atoms with E-state index in [0.717, 1.165) is 77.2 Å². The molecular formula is C46H26N4O2. The summed E-state index contributed by atoms with van der Waals surface area (Å²) in [5.74, 6) is 1.63. The van der Waals surface area contributed by atoms with Gasteiger partial charge < -0.3 is 8.83 Å². The lowest BCUT2D eigenvalue weighted by Gasteiger charge is -2.13. The minimum Gasteiger partial charge on any atom is -0.456 e. The van der Waals surface area contributed by atoms with Crippen LogP contribution in [0.3, 0.4) is 0 Å². The summed E-state index contributed by atoms with van der Waals surface area (Å²) in [4.78, 5) is 19.0. The van der Waals surface area contributed by atoms with Crippen molar-refractivity contribution < 1.29 is 8.83 Å². The van der Waals surface area contributed by atoms with E-state index >= 15 is 0 Å². The molecule has 0 radical (unpaired) electrons. The maximum atomic E-state index is 7.30. The average molecular weight is 667 g/mol. The lowest BCUT2D eigenvalue weighted by Crippen LogP contribution is -2.01. The first-order chi connectivity index (χ1) is 25.7. The molecule has 52 heavy (non-hydrogen) atoms. The molecule has 6 nitrogen and oxygen atoms in total. The summed E-state index contributed by atoms with van der Waals surface area (Å²) in [6, 6.07) is 52.6. The number of nitrogens with zero attached hydrogens (tertiary/aromatic N) is 4. The van der Waals surface area contributed by atoms with E-state index in [2.05, 4.69) is 59.4 Å². The lowest BCUT2D eigenvalue weighted by atomic mass is 9.94. The summed E-state index contributed by atoms with van der Waals surface area (Å²) in [7, 11) is 0. The van der Waals surface area contributed by atoms with Crippen molar-refractivity contribution in [1.82, 2.24) is 15.0 Å². The number of hydrogen-bond acceptors (Lipinski definition) is 5. The molecule has 0 aliphatic heterocycles. The van der Waals surface area contributed by atoms with Crippen molar-refractivity contribution in [2.75, 3.05) is 0 Å². The van der Waals surface area contributed by atoms with Gasteiger partial charge in [-0.25, -0.2) is 19.8 Å². The average Bonchev–Trinajstić information content (AvgIpc) is 3.79.